The fourth-order valence-corrected chi connectivity index (χ4v) is 6.15. The molecule has 0 saturated heterocycles. The third-order valence-electron chi connectivity index (χ3n) is 7.54. The van der Waals surface area contributed by atoms with Crippen LogP contribution in [0, 0.1) is 17.3 Å². The van der Waals surface area contributed by atoms with Crippen LogP contribution in [0.25, 0.3) is 0 Å². The van der Waals surface area contributed by atoms with Gasteiger partial charge in [-0.05, 0) is 74.0 Å². The maximum Gasteiger partial charge on any atom is 0.308 e. The van der Waals surface area contributed by atoms with Gasteiger partial charge in [0.15, 0.2) is 0 Å². The molecule has 4 rings (SSSR count). The topological polar surface area (TPSA) is 61.8 Å². The molecule has 3 aliphatic rings. The van der Waals surface area contributed by atoms with Crippen LogP contribution >= 0.6 is 0 Å². The van der Waals surface area contributed by atoms with Crippen LogP contribution in [0.15, 0.2) is 24.0 Å². The van der Waals surface area contributed by atoms with E-state index in [0.717, 1.165) is 56.5 Å². The Morgan fingerprint density at radius 1 is 1.13 bits per heavy atom. The smallest absolute Gasteiger partial charge is 0.308 e. The number of allylic oxidation sites excluding steroid dienone is 2. The predicted octanol–water partition coefficient (Wildman–Crippen LogP) is 5.70. The minimum atomic E-state index is -0.296. The average molecular weight is 427 g/mol. The van der Waals surface area contributed by atoms with Crippen LogP contribution in [0.5, 0.6) is 11.5 Å². The normalized spacial score (nSPS) is 28.6. The SMILES string of the molecule is CCCCOc1cc2c(c(OC(C)=O)c1)[C@H]1CC[C@]3(C)C(OC(C)=O)=CC[C@H]3[C@@H]1CC2. The van der Waals surface area contributed by atoms with Crippen LogP contribution in [-0.2, 0) is 20.7 Å². The number of carbonyl (C=O) groups excluding carboxylic acids is 2. The van der Waals surface area contributed by atoms with Crippen molar-refractivity contribution in [3.8, 4) is 11.5 Å². The fraction of sp³-hybridized carbons (Fsp3) is 0.615. The summed E-state index contributed by atoms with van der Waals surface area (Å²) in [5.74, 6) is 3.06. The maximum absolute atomic E-state index is 11.9. The molecule has 1 saturated carbocycles. The van der Waals surface area contributed by atoms with E-state index in [2.05, 4.69) is 26.0 Å². The van der Waals surface area contributed by atoms with Crippen molar-refractivity contribution in [2.24, 2.45) is 17.3 Å². The van der Waals surface area contributed by atoms with Crippen molar-refractivity contribution in [1.29, 1.82) is 0 Å². The van der Waals surface area contributed by atoms with E-state index in [1.807, 2.05) is 6.07 Å². The molecule has 168 valence electrons. The highest BCUT2D eigenvalue weighted by Gasteiger charge is 2.53. The van der Waals surface area contributed by atoms with Gasteiger partial charge in [-0.3, -0.25) is 9.59 Å². The van der Waals surface area contributed by atoms with Crippen LogP contribution in [0.2, 0.25) is 0 Å². The zero-order chi connectivity index (χ0) is 22.2. The highest BCUT2D eigenvalue weighted by molar-refractivity contribution is 5.71. The second-order valence-corrected chi connectivity index (χ2v) is 9.56. The number of esters is 2. The molecule has 1 aromatic carbocycles. The Morgan fingerprint density at radius 2 is 1.90 bits per heavy atom. The van der Waals surface area contributed by atoms with Crippen LogP contribution in [0.4, 0.5) is 0 Å². The molecule has 0 aliphatic heterocycles. The molecule has 3 aliphatic carbocycles. The van der Waals surface area contributed by atoms with Crippen LogP contribution in [0.3, 0.4) is 0 Å². The van der Waals surface area contributed by atoms with Crippen molar-refractivity contribution in [2.45, 2.75) is 78.6 Å². The first-order valence-corrected chi connectivity index (χ1v) is 11.7. The zero-order valence-corrected chi connectivity index (χ0v) is 19.2. The number of fused-ring (bicyclic) bond motifs is 5. The lowest BCUT2D eigenvalue weighted by molar-refractivity contribution is -0.139. The lowest BCUT2D eigenvalue weighted by atomic mass is 9.55. The van der Waals surface area contributed by atoms with Crippen LogP contribution in [0.1, 0.15) is 83.3 Å². The summed E-state index contributed by atoms with van der Waals surface area (Å²) in [5.41, 5.74) is 2.35. The molecule has 0 N–H and O–H groups in total. The summed E-state index contributed by atoms with van der Waals surface area (Å²) >= 11 is 0. The monoisotopic (exact) mass is 426 g/mol. The molecule has 5 nitrogen and oxygen atoms in total. The second kappa shape index (κ2) is 8.68. The van der Waals surface area contributed by atoms with Gasteiger partial charge in [0.25, 0.3) is 0 Å². The summed E-state index contributed by atoms with van der Waals surface area (Å²) < 4.78 is 17.3. The van der Waals surface area contributed by atoms with E-state index in [-0.39, 0.29) is 17.4 Å². The standard InChI is InChI=1S/C26H34O5/c1-5-6-13-29-19-14-18-7-8-20-21(25(18)23(15-19)30-16(2)27)11-12-26(4)22(20)9-10-24(26)31-17(3)28/h10,14-15,20-22H,5-9,11-13H2,1-4H3/t20-,21+,22+,26+/m1/s1. The van der Waals surface area contributed by atoms with E-state index in [1.165, 1.54) is 25.0 Å². The summed E-state index contributed by atoms with van der Waals surface area (Å²) in [6.07, 6.45) is 9.15. The van der Waals surface area contributed by atoms with Crippen LogP contribution < -0.4 is 9.47 Å². The third-order valence-corrected chi connectivity index (χ3v) is 7.54. The molecule has 5 heteroatoms. The molecule has 1 fully saturated rings. The van der Waals surface area contributed by atoms with Crippen molar-refractivity contribution >= 4 is 11.9 Å². The molecule has 0 radical (unpaired) electrons. The van der Waals surface area contributed by atoms with Gasteiger partial charge in [-0.1, -0.05) is 20.3 Å². The van der Waals surface area contributed by atoms with Crippen molar-refractivity contribution in [2.75, 3.05) is 6.61 Å². The van der Waals surface area contributed by atoms with Gasteiger partial charge in [-0.15, -0.1) is 0 Å². The first kappa shape index (κ1) is 21.9. The summed E-state index contributed by atoms with van der Waals surface area (Å²) in [6, 6.07) is 4.06. The van der Waals surface area contributed by atoms with Gasteiger partial charge in [0.05, 0.1) is 6.61 Å². The van der Waals surface area contributed by atoms with Gasteiger partial charge in [-0.25, -0.2) is 0 Å². The van der Waals surface area contributed by atoms with Gasteiger partial charge in [0.1, 0.15) is 17.3 Å². The second-order valence-electron chi connectivity index (χ2n) is 9.56. The van der Waals surface area contributed by atoms with Gasteiger partial charge in [0, 0.05) is 30.9 Å². The summed E-state index contributed by atoms with van der Waals surface area (Å²) in [6.45, 7) is 8.00. The quantitative estimate of drug-likeness (QED) is 0.331. The Morgan fingerprint density at radius 3 is 2.61 bits per heavy atom. The molecule has 0 bridgehead atoms. The molecular weight excluding hydrogens is 392 g/mol. The van der Waals surface area contributed by atoms with Gasteiger partial charge in [0.2, 0.25) is 0 Å². The van der Waals surface area contributed by atoms with Crippen molar-refractivity contribution in [1.82, 2.24) is 0 Å². The lowest BCUT2D eigenvalue weighted by Gasteiger charge is -2.49. The van der Waals surface area contributed by atoms with Crippen molar-refractivity contribution < 1.29 is 23.8 Å². The maximum atomic E-state index is 11.9. The first-order chi connectivity index (χ1) is 14.8. The van der Waals surface area contributed by atoms with Crippen molar-refractivity contribution in [3.05, 3.63) is 35.1 Å². The first-order valence-electron chi connectivity index (χ1n) is 11.7. The Balaban J connectivity index is 1.64. The summed E-state index contributed by atoms with van der Waals surface area (Å²) in [7, 11) is 0. The number of rotatable bonds is 6. The third kappa shape index (κ3) is 4.11. The van der Waals surface area contributed by atoms with E-state index in [9.17, 15) is 9.59 Å². The minimum absolute atomic E-state index is 0.0882. The van der Waals surface area contributed by atoms with E-state index < -0.39 is 0 Å². The Labute approximate surface area is 185 Å². The number of carbonyl (C=O) groups is 2. The van der Waals surface area contributed by atoms with Gasteiger partial charge in [-0.2, -0.15) is 0 Å². The average Bonchev–Trinajstić information content (AvgIpc) is 3.03. The minimum Gasteiger partial charge on any atom is -0.493 e. The molecule has 1 aromatic rings. The molecular formula is C26H34O5. The molecule has 31 heavy (non-hydrogen) atoms. The number of ether oxygens (including phenoxy) is 3. The summed E-state index contributed by atoms with van der Waals surface area (Å²) in [5, 5.41) is 0. The number of aryl methyl sites for hydroxylation is 1. The highest BCUT2D eigenvalue weighted by Crippen LogP contribution is 2.62. The molecule has 0 heterocycles. The van der Waals surface area contributed by atoms with E-state index in [1.54, 1.807) is 0 Å². The number of hydrogen-bond donors (Lipinski definition) is 0. The summed E-state index contributed by atoms with van der Waals surface area (Å²) in [4.78, 5) is 23.5. The van der Waals surface area contributed by atoms with E-state index >= 15 is 0 Å². The van der Waals surface area contributed by atoms with Crippen LogP contribution in [-0.4, -0.2) is 18.5 Å². The number of hydrogen-bond acceptors (Lipinski definition) is 5. The zero-order valence-electron chi connectivity index (χ0n) is 19.2. The van der Waals surface area contributed by atoms with E-state index in [0.29, 0.717) is 30.1 Å². The highest BCUT2D eigenvalue weighted by atomic mass is 16.5. The Kier molecular flexibility index (Phi) is 6.14. The Bertz CT molecular complexity index is 901. The van der Waals surface area contributed by atoms with E-state index in [4.69, 9.17) is 14.2 Å². The van der Waals surface area contributed by atoms with Crippen molar-refractivity contribution in [3.63, 3.8) is 0 Å². The molecule has 0 spiro atoms. The van der Waals surface area contributed by atoms with Gasteiger partial charge >= 0.3 is 11.9 Å². The molecule has 4 atom stereocenters. The largest absolute Gasteiger partial charge is 0.493 e. The molecule has 0 aromatic heterocycles. The number of benzene rings is 1. The molecule has 0 amide bonds. The predicted molar refractivity (Wildman–Crippen MR) is 118 cm³/mol. The number of unbranched alkanes of at least 4 members (excludes halogenated alkanes) is 1. The Hall–Kier alpha value is -2.30. The lowest BCUT2D eigenvalue weighted by Crippen LogP contribution is -2.41. The fourth-order valence-electron chi connectivity index (χ4n) is 6.15. The molecule has 0 unspecified atom stereocenters. The van der Waals surface area contributed by atoms with Gasteiger partial charge < -0.3 is 14.2 Å².